The number of carbonyl (C=O) groups is 2. The molecule has 0 fully saturated rings. The molecule has 120 valence electrons. The predicted octanol–water partition coefficient (Wildman–Crippen LogP) is 2.11. The topological polar surface area (TPSA) is 79.5 Å². The number of amides is 2. The lowest BCUT2D eigenvalue weighted by atomic mass is 10.2. The SMILES string of the molecule is CNC(=O)c1cccc(NCC(=O)Nc2ccc(OC)cc2)c1. The summed E-state index contributed by atoms with van der Waals surface area (Å²) in [6.07, 6.45) is 0. The molecule has 0 saturated carbocycles. The minimum Gasteiger partial charge on any atom is -0.497 e. The van der Waals surface area contributed by atoms with Crippen LogP contribution in [0.25, 0.3) is 0 Å². The zero-order chi connectivity index (χ0) is 16.7. The molecule has 6 nitrogen and oxygen atoms in total. The summed E-state index contributed by atoms with van der Waals surface area (Å²) in [7, 11) is 3.16. The number of hydrogen-bond donors (Lipinski definition) is 3. The zero-order valence-electron chi connectivity index (χ0n) is 13.1. The van der Waals surface area contributed by atoms with Crippen molar-refractivity contribution in [1.82, 2.24) is 5.32 Å². The Bertz CT molecular complexity index is 684. The number of carbonyl (C=O) groups excluding carboxylic acids is 2. The monoisotopic (exact) mass is 313 g/mol. The quantitative estimate of drug-likeness (QED) is 0.763. The van der Waals surface area contributed by atoms with Gasteiger partial charge in [-0.05, 0) is 42.5 Å². The van der Waals surface area contributed by atoms with Gasteiger partial charge in [-0.2, -0.15) is 0 Å². The first kappa shape index (κ1) is 16.4. The Morgan fingerprint density at radius 2 is 1.78 bits per heavy atom. The molecule has 6 heteroatoms. The van der Waals surface area contributed by atoms with E-state index in [2.05, 4.69) is 16.0 Å². The van der Waals surface area contributed by atoms with Crippen LogP contribution in [0.3, 0.4) is 0 Å². The smallest absolute Gasteiger partial charge is 0.251 e. The van der Waals surface area contributed by atoms with Crippen LogP contribution >= 0.6 is 0 Å². The van der Waals surface area contributed by atoms with E-state index in [0.29, 0.717) is 16.9 Å². The fraction of sp³-hybridized carbons (Fsp3) is 0.176. The second-order valence-corrected chi connectivity index (χ2v) is 4.79. The van der Waals surface area contributed by atoms with Crippen LogP contribution in [0.15, 0.2) is 48.5 Å². The van der Waals surface area contributed by atoms with E-state index >= 15 is 0 Å². The van der Waals surface area contributed by atoms with Crippen LogP contribution < -0.4 is 20.7 Å². The fourth-order valence-corrected chi connectivity index (χ4v) is 1.98. The third-order valence-corrected chi connectivity index (χ3v) is 3.18. The van der Waals surface area contributed by atoms with Gasteiger partial charge in [0, 0.05) is 24.0 Å². The zero-order valence-corrected chi connectivity index (χ0v) is 13.1. The van der Waals surface area contributed by atoms with E-state index in [4.69, 9.17) is 4.74 Å². The summed E-state index contributed by atoms with van der Waals surface area (Å²) in [5.74, 6) is 0.379. The molecule has 0 atom stereocenters. The van der Waals surface area contributed by atoms with Crippen LogP contribution in [-0.4, -0.2) is 32.5 Å². The second kappa shape index (κ2) is 7.84. The van der Waals surface area contributed by atoms with Gasteiger partial charge in [-0.15, -0.1) is 0 Å². The minimum atomic E-state index is -0.180. The number of nitrogens with one attached hydrogen (secondary N) is 3. The third-order valence-electron chi connectivity index (χ3n) is 3.18. The van der Waals surface area contributed by atoms with E-state index in [1.54, 1.807) is 62.7 Å². The summed E-state index contributed by atoms with van der Waals surface area (Å²) in [6, 6.07) is 14.0. The van der Waals surface area contributed by atoms with Crippen molar-refractivity contribution in [3.63, 3.8) is 0 Å². The minimum absolute atomic E-state index is 0.100. The Kier molecular flexibility index (Phi) is 5.57. The molecular weight excluding hydrogens is 294 g/mol. The van der Waals surface area contributed by atoms with E-state index in [1.807, 2.05) is 0 Å². The van der Waals surface area contributed by atoms with Gasteiger partial charge in [0.1, 0.15) is 5.75 Å². The highest BCUT2D eigenvalue weighted by Crippen LogP contribution is 2.15. The normalized spacial score (nSPS) is 9.83. The van der Waals surface area contributed by atoms with Crippen LogP contribution in [0, 0.1) is 0 Å². The molecule has 0 aliphatic rings. The first-order valence-electron chi connectivity index (χ1n) is 7.12. The molecule has 23 heavy (non-hydrogen) atoms. The molecule has 0 saturated heterocycles. The summed E-state index contributed by atoms with van der Waals surface area (Å²) in [4.78, 5) is 23.5. The molecule has 0 unspecified atom stereocenters. The molecular formula is C17H19N3O3. The van der Waals surface area contributed by atoms with Crippen molar-refractivity contribution < 1.29 is 14.3 Å². The van der Waals surface area contributed by atoms with E-state index in [-0.39, 0.29) is 18.4 Å². The lowest BCUT2D eigenvalue weighted by molar-refractivity contribution is -0.114. The van der Waals surface area contributed by atoms with Gasteiger partial charge in [-0.1, -0.05) is 6.07 Å². The van der Waals surface area contributed by atoms with Crippen LogP contribution in [0.5, 0.6) is 5.75 Å². The first-order chi connectivity index (χ1) is 11.1. The van der Waals surface area contributed by atoms with E-state index < -0.39 is 0 Å². The van der Waals surface area contributed by atoms with Crippen molar-refractivity contribution in [2.24, 2.45) is 0 Å². The largest absolute Gasteiger partial charge is 0.497 e. The van der Waals surface area contributed by atoms with Gasteiger partial charge in [-0.3, -0.25) is 9.59 Å². The Morgan fingerprint density at radius 1 is 1.04 bits per heavy atom. The average molecular weight is 313 g/mol. The number of rotatable bonds is 6. The summed E-state index contributed by atoms with van der Waals surface area (Å²) in [5.41, 5.74) is 1.93. The van der Waals surface area contributed by atoms with Gasteiger partial charge in [0.2, 0.25) is 5.91 Å². The van der Waals surface area contributed by atoms with Crippen molar-refractivity contribution in [3.05, 3.63) is 54.1 Å². The van der Waals surface area contributed by atoms with Crippen LogP contribution in [0.2, 0.25) is 0 Å². The molecule has 3 N–H and O–H groups in total. The lowest BCUT2D eigenvalue weighted by Crippen LogP contribution is -2.22. The van der Waals surface area contributed by atoms with Gasteiger partial charge in [0.15, 0.2) is 0 Å². The lowest BCUT2D eigenvalue weighted by Gasteiger charge is -2.09. The summed E-state index contributed by atoms with van der Waals surface area (Å²) in [5, 5.41) is 8.32. The molecule has 0 heterocycles. The van der Waals surface area contributed by atoms with Gasteiger partial charge in [-0.25, -0.2) is 0 Å². The van der Waals surface area contributed by atoms with Crippen molar-refractivity contribution in [1.29, 1.82) is 0 Å². The highest BCUT2D eigenvalue weighted by molar-refractivity contribution is 5.96. The molecule has 2 amide bonds. The van der Waals surface area contributed by atoms with Gasteiger partial charge >= 0.3 is 0 Å². The molecule has 0 radical (unpaired) electrons. The molecule has 2 aromatic carbocycles. The van der Waals surface area contributed by atoms with E-state index in [1.165, 1.54) is 0 Å². The van der Waals surface area contributed by atoms with Gasteiger partial charge in [0.05, 0.1) is 13.7 Å². The van der Waals surface area contributed by atoms with Gasteiger partial charge < -0.3 is 20.7 Å². The number of benzene rings is 2. The maximum Gasteiger partial charge on any atom is 0.251 e. The molecule has 2 aromatic rings. The Hall–Kier alpha value is -3.02. The predicted molar refractivity (Wildman–Crippen MR) is 89.9 cm³/mol. The van der Waals surface area contributed by atoms with Crippen molar-refractivity contribution in [3.8, 4) is 5.75 Å². The highest BCUT2D eigenvalue weighted by atomic mass is 16.5. The van der Waals surface area contributed by atoms with Crippen LogP contribution in [0.4, 0.5) is 11.4 Å². The van der Waals surface area contributed by atoms with Gasteiger partial charge in [0.25, 0.3) is 5.91 Å². The van der Waals surface area contributed by atoms with Crippen LogP contribution in [-0.2, 0) is 4.79 Å². The van der Waals surface area contributed by atoms with E-state index in [9.17, 15) is 9.59 Å². The number of hydrogen-bond acceptors (Lipinski definition) is 4. The molecule has 0 spiro atoms. The molecule has 2 rings (SSSR count). The number of methoxy groups -OCH3 is 1. The Morgan fingerprint density at radius 3 is 2.43 bits per heavy atom. The first-order valence-corrected chi connectivity index (χ1v) is 7.12. The number of anilines is 2. The molecule has 0 bridgehead atoms. The second-order valence-electron chi connectivity index (χ2n) is 4.79. The number of ether oxygens (including phenoxy) is 1. The Labute approximate surface area is 134 Å². The van der Waals surface area contributed by atoms with Crippen LogP contribution in [0.1, 0.15) is 10.4 Å². The summed E-state index contributed by atoms with van der Waals surface area (Å²) in [6.45, 7) is 0.100. The molecule has 0 aliphatic carbocycles. The fourth-order valence-electron chi connectivity index (χ4n) is 1.98. The standard InChI is InChI=1S/C17H19N3O3/c1-18-17(22)12-4-3-5-14(10-12)19-11-16(21)20-13-6-8-15(23-2)9-7-13/h3-10,19H,11H2,1-2H3,(H,18,22)(H,20,21). The average Bonchev–Trinajstić information content (AvgIpc) is 2.60. The maximum absolute atomic E-state index is 11.9. The Balaban J connectivity index is 1.89. The molecule has 0 aliphatic heterocycles. The van der Waals surface area contributed by atoms with Crippen molar-refractivity contribution >= 4 is 23.2 Å². The van der Waals surface area contributed by atoms with Crippen molar-refractivity contribution in [2.45, 2.75) is 0 Å². The van der Waals surface area contributed by atoms with E-state index in [0.717, 1.165) is 5.75 Å². The van der Waals surface area contributed by atoms with Crippen molar-refractivity contribution in [2.75, 3.05) is 31.3 Å². The highest BCUT2D eigenvalue weighted by Gasteiger charge is 2.05. The maximum atomic E-state index is 11.9. The third kappa shape index (κ3) is 4.74. The summed E-state index contributed by atoms with van der Waals surface area (Å²) >= 11 is 0. The molecule has 0 aromatic heterocycles. The summed E-state index contributed by atoms with van der Waals surface area (Å²) < 4.78 is 5.06.